The summed E-state index contributed by atoms with van der Waals surface area (Å²) >= 11 is 0. The van der Waals surface area contributed by atoms with E-state index in [9.17, 15) is 4.79 Å². The lowest BCUT2D eigenvalue weighted by molar-refractivity contribution is -0.139. The number of hydrogen-bond acceptors (Lipinski definition) is 2. The lowest BCUT2D eigenvalue weighted by atomic mass is 9.90. The molecule has 1 atom stereocenters. The molecule has 17 heavy (non-hydrogen) atoms. The summed E-state index contributed by atoms with van der Waals surface area (Å²) < 4.78 is 5.38. The van der Waals surface area contributed by atoms with Gasteiger partial charge in [-0.1, -0.05) is 29.3 Å². The fourth-order valence-electron chi connectivity index (χ4n) is 1.99. The van der Waals surface area contributed by atoms with E-state index >= 15 is 0 Å². The molecule has 1 aromatic carbocycles. The lowest BCUT2D eigenvalue weighted by Crippen LogP contribution is -2.22. The van der Waals surface area contributed by atoms with E-state index in [1.54, 1.807) is 0 Å². The maximum atomic E-state index is 11.9. The van der Waals surface area contributed by atoms with Crippen LogP contribution in [0.1, 0.15) is 31.7 Å². The molecule has 1 aliphatic carbocycles. The standard InChI is InChI=1S/C15H18O2/c1-11-3-7-13(8-4-11)15(16)17-14-9-5-12(2)6-10-14/h3,5-6,9-10,13H,4,7-8H2,1-2H3. The van der Waals surface area contributed by atoms with Gasteiger partial charge in [0, 0.05) is 0 Å². The Balaban J connectivity index is 1.95. The summed E-state index contributed by atoms with van der Waals surface area (Å²) in [6.07, 6.45) is 4.88. The molecule has 90 valence electrons. The zero-order valence-electron chi connectivity index (χ0n) is 10.4. The van der Waals surface area contributed by atoms with Crippen molar-refractivity contribution in [1.82, 2.24) is 0 Å². The SMILES string of the molecule is CC1=CCC(C(=O)Oc2ccc(C)cc2)CC1. The third kappa shape index (κ3) is 3.19. The van der Waals surface area contributed by atoms with Gasteiger partial charge in [0.05, 0.1) is 5.92 Å². The van der Waals surface area contributed by atoms with Gasteiger partial charge in [-0.2, -0.15) is 0 Å². The van der Waals surface area contributed by atoms with Crippen molar-refractivity contribution in [3.63, 3.8) is 0 Å². The topological polar surface area (TPSA) is 26.3 Å². The van der Waals surface area contributed by atoms with Crippen molar-refractivity contribution in [2.45, 2.75) is 33.1 Å². The van der Waals surface area contributed by atoms with Crippen LogP contribution in [0.15, 0.2) is 35.9 Å². The van der Waals surface area contributed by atoms with Crippen molar-refractivity contribution in [2.75, 3.05) is 0 Å². The van der Waals surface area contributed by atoms with E-state index in [1.165, 1.54) is 11.1 Å². The first kappa shape index (κ1) is 11.9. The Kier molecular flexibility index (Phi) is 3.62. The summed E-state index contributed by atoms with van der Waals surface area (Å²) in [7, 11) is 0. The van der Waals surface area contributed by atoms with Crippen molar-refractivity contribution in [3.8, 4) is 5.75 Å². The van der Waals surface area contributed by atoms with E-state index in [0.717, 1.165) is 19.3 Å². The monoisotopic (exact) mass is 230 g/mol. The molecule has 0 fully saturated rings. The number of esters is 1. The van der Waals surface area contributed by atoms with E-state index in [0.29, 0.717) is 5.75 Å². The first-order chi connectivity index (χ1) is 8.15. The molecule has 0 radical (unpaired) electrons. The number of allylic oxidation sites excluding steroid dienone is 2. The largest absolute Gasteiger partial charge is 0.426 e. The van der Waals surface area contributed by atoms with E-state index in [4.69, 9.17) is 4.74 Å². The fraction of sp³-hybridized carbons (Fsp3) is 0.400. The summed E-state index contributed by atoms with van der Waals surface area (Å²) in [4.78, 5) is 11.9. The molecule has 2 rings (SSSR count). The predicted octanol–water partition coefficient (Wildman–Crippen LogP) is 3.65. The molecule has 2 nitrogen and oxygen atoms in total. The maximum Gasteiger partial charge on any atom is 0.314 e. The molecule has 1 unspecified atom stereocenters. The first-order valence-electron chi connectivity index (χ1n) is 6.09. The third-order valence-electron chi connectivity index (χ3n) is 3.21. The number of rotatable bonds is 2. The van der Waals surface area contributed by atoms with E-state index in [-0.39, 0.29) is 11.9 Å². The van der Waals surface area contributed by atoms with Crippen molar-refractivity contribution in [3.05, 3.63) is 41.5 Å². The van der Waals surface area contributed by atoms with Crippen LogP contribution in [0.3, 0.4) is 0 Å². The Morgan fingerprint density at radius 1 is 1.24 bits per heavy atom. The van der Waals surface area contributed by atoms with E-state index in [1.807, 2.05) is 31.2 Å². The summed E-state index contributed by atoms with van der Waals surface area (Å²) in [5, 5.41) is 0. The van der Waals surface area contributed by atoms with Gasteiger partial charge in [0.25, 0.3) is 0 Å². The van der Waals surface area contributed by atoms with E-state index in [2.05, 4.69) is 13.0 Å². The van der Waals surface area contributed by atoms with Gasteiger partial charge in [0.1, 0.15) is 5.75 Å². The number of carbonyl (C=O) groups is 1. The molecule has 1 aliphatic rings. The quantitative estimate of drug-likeness (QED) is 0.440. The number of aryl methyl sites for hydroxylation is 1. The van der Waals surface area contributed by atoms with E-state index < -0.39 is 0 Å². The molecule has 0 saturated carbocycles. The van der Waals surface area contributed by atoms with Crippen molar-refractivity contribution < 1.29 is 9.53 Å². The van der Waals surface area contributed by atoms with Gasteiger partial charge in [-0.15, -0.1) is 0 Å². The molecular weight excluding hydrogens is 212 g/mol. The Morgan fingerprint density at radius 3 is 2.53 bits per heavy atom. The molecule has 0 aliphatic heterocycles. The molecule has 0 N–H and O–H groups in total. The number of ether oxygens (including phenoxy) is 1. The molecular formula is C15H18O2. The summed E-state index contributed by atoms with van der Waals surface area (Å²) in [5.41, 5.74) is 2.55. The molecule has 0 aromatic heterocycles. The zero-order chi connectivity index (χ0) is 12.3. The molecule has 2 heteroatoms. The van der Waals surface area contributed by atoms with Crippen LogP contribution in [0, 0.1) is 12.8 Å². The molecule has 0 heterocycles. The normalized spacial score (nSPS) is 19.6. The molecule has 0 spiro atoms. The van der Waals surface area contributed by atoms with Crippen LogP contribution in [-0.4, -0.2) is 5.97 Å². The molecule has 0 amide bonds. The Hall–Kier alpha value is -1.57. The van der Waals surface area contributed by atoms with Crippen LogP contribution < -0.4 is 4.74 Å². The summed E-state index contributed by atoms with van der Waals surface area (Å²) in [6.45, 7) is 4.13. The van der Waals surface area contributed by atoms with Crippen LogP contribution in [-0.2, 0) is 4.79 Å². The number of benzene rings is 1. The molecule has 0 saturated heterocycles. The van der Waals surface area contributed by atoms with Crippen LogP contribution in [0.2, 0.25) is 0 Å². The summed E-state index contributed by atoms with van der Waals surface area (Å²) in [6, 6.07) is 7.59. The van der Waals surface area contributed by atoms with Crippen molar-refractivity contribution >= 4 is 5.97 Å². The lowest BCUT2D eigenvalue weighted by Gasteiger charge is -2.18. The second-order valence-electron chi connectivity index (χ2n) is 4.76. The minimum atomic E-state index is -0.0994. The first-order valence-corrected chi connectivity index (χ1v) is 6.09. The van der Waals surface area contributed by atoms with Gasteiger partial charge in [-0.25, -0.2) is 0 Å². The number of carbonyl (C=O) groups excluding carboxylic acids is 1. The number of hydrogen-bond donors (Lipinski definition) is 0. The maximum absolute atomic E-state index is 11.9. The predicted molar refractivity (Wildman–Crippen MR) is 67.9 cm³/mol. The van der Waals surface area contributed by atoms with Gasteiger partial charge >= 0.3 is 5.97 Å². The Bertz CT molecular complexity index is 429. The molecule has 0 bridgehead atoms. The summed E-state index contributed by atoms with van der Waals surface area (Å²) in [5.74, 6) is 0.574. The van der Waals surface area contributed by atoms with Crippen LogP contribution >= 0.6 is 0 Å². The average Bonchev–Trinajstić information content (AvgIpc) is 2.33. The smallest absolute Gasteiger partial charge is 0.314 e. The Labute approximate surface area is 102 Å². The van der Waals surface area contributed by atoms with Gasteiger partial charge < -0.3 is 4.74 Å². The highest BCUT2D eigenvalue weighted by Crippen LogP contribution is 2.25. The minimum absolute atomic E-state index is 0.0278. The minimum Gasteiger partial charge on any atom is -0.426 e. The van der Waals surface area contributed by atoms with Crippen molar-refractivity contribution in [1.29, 1.82) is 0 Å². The zero-order valence-corrected chi connectivity index (χ0v) is 10.4. The second-order valence-corrected chi connectivity index (χ2v) is 4.76. The van der Waals surface area contributed by atoms with Crippen LogP contribution in [0.5, 0.6) is 5.75 Å². The highest BCUT2D eigenvalue weighted by molar-refractivity contribution is 5.75. The van der Waals surface area contributed by atoms with Gasteiger partial charge in [0.15, 0.2) is 0 Å². The van der Waals surface area contributed by atoms with Crippen LogP contribution in [0.4, 0.5) is 0 Å². The highest BCUT2D eigenvalue weighted by Gasteiger charge is 2.22. The highest BCUT2D eigenvalue weighted by atomic mass is 16.5. The second kappa shape index (κ2) is 5.17. The average molecular weight is 230 g/mol. The molecule has 1 aromatic rings. The van der Waals surface area contributed by atoms with Gasteiger partial charge in [-0.3, -0.25) is 4.79 Å². The van der Waals surface area contributed by atoms with Crippen LogP contribution in [0.25, 0.3) is 0 Å². The Morgan fingerprint density at radius 2 is 1.94 bits per heavy atom. The van der Waals surface area contributed by atoms with Gasteiger partial charge in [0.2, 0.25) is 0 Å². The fourth-order valence-corrected chi connectivity index (χ4v) is 1.99. The third-order valence-corrected chi connectivity index (χ3v) is 3.21. The van der Waals surface area contributed by atoms with Gasteiger partial charge in [-0.05, 0) is 45.2 Å². The van der Waals surface area contributed by atoms with Crippen molar-refractivity contribution in [2.24, 2.45) is 5.92 Å².